The molecule has 2 N–H and O–H groups in total. The fourth-order valence-corrected chi connectivity index (χ4v) is 4.62. The normalized spacial score (nSPS) is 19.9. The summed E-state index contributed by atoms with van der Waals surface area (Å²) in [7, 11) is 1.76. The van der Waals surface area contributed by atoms with Crippen LogP contribution in [0.5, 0.6) is 0 Å². The van der Waals surface area contributed by atoms with Gasteiger partial charge >= 0.3 is 0 Å². The second-order valence-corrected chi connectivity index (χ2v) is 8.73. The second-order valence-electron chi connectivity index (χ2n) is 8.73. The highest BCUT2D eigenvalue weighted by Crippen LogP contribution is 2.26. The minimum Gasteiger partial charge on any atom is -0.356 e. The van der Waals surface area contributed by atoms with E-state index >= 15 is 0 Å². The van der Waals surface area contributed by atoms with Crippen LogP contribution in [0.15, 0.2) is 41.5 Å². The molecule has 0 spiro atoms. The molecule has 2 fully saturated rings. The molecular formula is C24H33FN6O. The molecule has 4 rings (SSSR count). The van der Waals surface area contributed by atoms with Crippen molar-refractivity contribution in [2.24, 2.45) is 10.9 Å². The van der Waals surface area contributed by atoms with Crippen molar-refractivity contribution in [3.8, 4) is 5.69 Å². The van der Waals surface area contributed by atoms with E-state index in [1.54, 1.807) is 23.9 Å². The first-order chi connectivity index (χ1) is 15.6. The van der Waals surface area contributed by atoms with Crippen molar-refractivity contribution in [1.29, 1.82) is 0 Å². The molecule has 1 unspecified atom stereocenters. The van der Waals surface area contributed by atoms with Crippen LogP contribution in [0.4, 0.5) is 4.39 Å². The summed E-state index contributed by atoms with van der Waals surface area (Å²) < 4.78 is 14.8. The number of nitrogens with one attached hydrogen (secondary N) is 2. The van der Waals surface area contributed by atoms with E-state index in [0.29, 0.717) is 12.5 Å². The third-order valence-electron chi connectivity index (χ3n) is 6.43. The number of amides is 1. The number of carbonyl (C=O) groups is 1. The number of aromatic nitrogens is 2. The maximum absolute atomic E-state index is 13.1. The van der Waals surface area contributed by atoms with Gasteiger partial charge in [0, 0.05) is 51.3 Å². The van der Waals surface area contributed by atoms with Gasteiger partial charge in [-0.3, -0.25) is 9.79 Å². The van der Waals surface area contributed by atoms with Crippen LogP contribution < -0.4 is 10.6 Å². The largest absolute Gasteiger partial charge is 0.356 e. The third-order valence-corrected chi connectivity index (χ3v) is 6.43. The quantitative estimate of drug-likeness (QED) is 0.535. The molecule has 0 bridgehead atoms. The standard InChI is InChI=1S/C24H33FN6O/c1-26-24(28-21-12-15-30(17-21)23(32)18-5-3-2-4-6-18)27-14-11-20-13-16-31(29-20)22-9-7-19(25)8-10-22/h7-10,13,16,18,21H,2-6,11-12,14-15,17H2,1H3,(H2,26,27,28). The van der Waals surface area contributed by atoms with E-state index in [1.807, 2.05) is 17.2 Å². The lowest BCUT2D eigenvalue weighted by atomic mass is 9.88. The van der Waals surface area contributed by atoms with Crippen molar-refractivity contribution in [2.75, 3.05) is 26.7 Å². The highest BCUT2D eigenvalue weighted by molar-refractivity contribution is 5.81. The van der Waals surface area contributed by atoms with Gasteiger partial charge in [-0.25, -0.2) is 9.07 Å². The van der Waals surface area contributed by atoms with E-state index in [9.17, 15) is 9.18 Å². The fraction of sp³-hybridized carbons (Fsp3) is 0.542. The van der Waals surface area contributed by atoms with Gasteiger partial charge in [0.25, 0.3) is 0 Å². The molecular weight excluding hydrogens is 407 g/mol. The van der Waals surface area contributed by atoms with Crippen LogP contribution in [0.25, 0.3) is 5.69 Å². The van der Waals surface area contributed by atoms with Gasteiger partial charge < -0.3 is 15.5 Å². The summed E-state index contributed by atoms with van der Waals surface area (Å²) in [5, 5.41) is 11.4. The van der Waals surface area contributed by atoms with Gasteiger partial charge in [0.05, 0.1) is 11.4 Å². The number of guanidine groups is 1. The van der Waals surface area contributed by atoms with Gasteiger partial charge in [0.15, 0.2) is 5.96 Å². The molecule has 7 nitrogen and oxygen atoms in total. The third kappa shape index (κ3) is 5.66. The Balaban J connectivity index is 1.21. The molecule has 1 amide bonds. The molecule has 172 valence electrons. The molecule has 1 aromatic heterocycles. The lowest BCUT2D eigenvalue weighted by Gasteiger charge is -2.26. The zero-order valence-electron chi connectivity index (χ0n) is 18.8. The smallest absolute Gasteiger partial charge is 0.225 e. The summed E-state index contributed by atoms with van der Waals surface area (Å²) in [5.41, 5.74) is 1.78. The Morgan fingerprint density at radius 3 is 2.69 bits per heavy atom. The summed E-state index contributed by atoms with van der Waals surface area (Å²) in [6, 6.07) is 8.47. The summed E-state index contributed by atoms with van der Waals surface area (Å²) in [6.07, 6.45) is 9.30. The van der Waals surface area contributed by atoms with Crippen molar-refractivity contribution >= 4 is 11.9 Å². The van der Waals surface area contributed by atoms with E-state index in [-0.39, 0.29) is 17.8 Å². The Kier molecular flexibility index (Phi) is 7.39. The number of nitrogens with zero attached hydrogens (tertiary/aromatic N) is 4. The van der Waals surface area contributed by atoms with Crippen molar-refractivity contribution in [1.82, 2.24) is 25.3 Å². The number of benzene rings is 1. The molecule has 1 saturated carbocycles. The number of carbonyl (C=O) groups excluding carboxylic acids is 1. The first kappa shape index (κ1) is 22.3. The summed E-state index contributed by atoms with van der Waals surface area (Å²) in [6.45, 7) is 2.26. The van der Waals surface area contributed by atoms with Gasteiger partial charge in [0.1, 0.15) is 5.82 Å². The van der Waals surface area contributed by atoms with Gasteiger partial charge in [-0.1, -0.05) is 19.3 Å². The van der Waals surface area contributed by atoms with Gasteiger partial charge in [0.2, 0.25) is 5.91 Å². The molecule has 0 radical (unpaired) electrons. The molecule has 1 aliphatic heterocycles. The van der Waals surface area contributed by atoms with Crippen LogP contribution in [0.2, 0.25) is 0 Å². The number of rotatable bonds is 6. The van der Waals surface area contributed by atoms with E-state index in [1.165, 1.54) is 31.4 Å². The van der Waals surface area contributed by atoms with Gasteiger partial charge in [-0.15, -0.1) is 0 Å². The van der Waals surface area contributed by atoms with Crippen LogP contribution in [-0.4, -0.2) is 59.3 Å². The summed E-state index contributed by atoms with van der Waals surface area (Å²) in [5.74, 6) is 1.07. The van der Waals surface area contributed by atoms with Crippen molar-refractivity contribution in [3.05, 3.63) is 48.0 Å². The maximum atomic E-state index is 13.1. The molecule has 2 aliphatic rings. The van der Waals surface area contributed by atoms with Crippen LogP contribution >= 0.6 is 0 Å². The average Bonchev–Trinajstić information content (AvgIpc) is 3.49. The topological polar surface area (TPSA) is 74.6 Å². The number of hydrogen-bond acceptors (Lipinski definition) is 3. The molecule has 8 heteroatoms. The van der Waals surface area contributed by atoms with Crippen molar-refractivity contribution in [3.63, 3.8) is 0 Å². The van der Waals surface area contributed by atoms with E-state index in [2.05, 4.69) is 20.7 Å². The molecule has 1 aromatic carbocycles. The highest BCUT2D eigenvalue weighted by Gasteiger charge is 2.31. The molecule has 1 aliphatic carbocycles. The fourth-order valence-electron chi connectivity index (χ4n) is 4.62. The van der Waals surface area contributed by atoms with E-state index in [4.69, 9.17) is 0 Å². The molecule has 1 atom stereocenters. The molecule has 2 aromatic rings. The molecule has 32 heavy (non-hydrogen) atoms. The zero-order valence-corrected chi connectivity index (χ0v) is 18.8. The SMILES string of the molecule is CN=C(NCCc1ccn(-c2ccc(F)cc2)n1)NC1CCN(C(=O)C2CCCCC2)C1. The summed E-state index contributed by atoms with van der Waals surface area (Å²) >= 11 is 0. The minimum atomic E-state index is -0.257. The highest BCUT2D eigenvalue weighted by atomic mass is 19.1. The molecule has 1 saturated heterocycles. The van der Waals surface area contributed by atoms with Crippen molar-refractivity contribution < 1.29 is 9.18 Å². The van der Waals surface area contributed by atoms with Gasteiger partial charge in [-0.05, 0) is 49.6 Å². The lowest BCUT2D eigenvalue weighted by Crippen LogP contribution is -2.46. The first-order valence-electron chi connectivity index (χ1n) is 11.7. The Labute approximate surface area is 189 Å². The van der Waals surface area contributed by atoms with E-state index in [0.717, 1.165) is 56.1 Å². The lowest BCUT2D eigenvalue weighted by molar-refractivity contribution is -0.135. The number of aliphatic imine (C=N–C) groups is 1. The van der Waals surface area contributed by atoms with Crippen LogP contribution in [0, 0.1) is 11.7 Å². The Morgan fingerprint density at radius 2 is 1.94 bits per heavy atom. The Bertz CT molecular complexity index is 919. The number of halogens is 1. The average molecular weight is 441 g/mol. The molecule has 2 heterocycles. The predicted octanol–water partition coefficient (Wildman–Crippen LogP) is 2.90. The zero-order chi connectivity index (χ0) is 22.3. The van der Waals surface area contributed by atoms with Crippen LogP contribution in [0.3, 0.4) is 0 Å². The Morgan fingerprint density at radius 1 is 1.16 bits per heavy atom. The summed E-state index contributed by atoms with van der Waals surface area (Å²) in [4.78, 5) is 19.1. The minimum absolute atomic E-state index is 0.228. The maximum Gasteiger partial charge on any atom is 0.225 e. The Hall–Kier alpha value is -2.90. The second kappa shape index (κ2) is 10.6. The van der Waals surface area contributed by atoms with Crippen LogP contribution in [0.1, 0.15) is 44.2 Å². The first-order valence-corrected chi connectivity index (χ1v) is 11.7. The number of likely N-dealkylation sites (tertiary alicyclic amines) is 1. The monoisotopic (exact) mass is 440 g/mol. The number of hydrogen-bond donors (Lipinski definition) is 2. The predicted molar refractivity (Wildman–Crippen MR) is 123 cm³/mol. The van der Waals surface area contributed by atoms with Crippen LogP contribution in [-0.2, 0) is 11.2 Å². The van der Waals surface area contributed by atoms with E-state index < -0.39 is 0 Å². The van der Waals surface area contributed by atoms with Crippen molar-refractivity contribution in [2.45, 2.75) is 51.0 Å². The van der Waals surface area contributed by atoms with Gasteiger partial charge in [-0.2, -0.15) is 5.10 Å².